The zero-order valence-corrected chi connectivity index (χ0v) is 9.58. The van der Waals surface area contributed by atoms with Crippen LogP contribution in [0.4, 0.5) is 0 Å². The fourth-order valence-electron chi connectivity index (χ4n) is 2.35. The molecule has 0 aromatic heterocycles. The quantitative estimate of drug-likeness (QED) is 0.592. The van der Waals surface area contributed by atoms with Crippen LogP contribution in [0.25, 0.3) is 0 Å². The lowest BCUT2D eigenvalue weighted by Crippen LogP contribution is -2.57. The van der Waals surface area contributed by atoms with E-state index in [1.54, 1.807) is 0 Å². The van der Waals surface area contributed by atoms with Crippen LogP contribution >= 0.6 is 0 Å². The van der Waals surface area contributed by atoms with Gasteiger partial charge in [-0.25, -0.2) is 0 Å². The zero-order valence-electron chi connectivity index (χ0n) is 9.58. The van der Waals surface area contributed by atoms with Crippen LogP contribution in [-0.4, -0.2) is 36.7 Å². The van der Waals surface area contributed by atoms with Gasteiger partial charge in [0.1, 0.15) is 5.54 Å². The molecule has 1 atom stereocenters. The van der Waals surface area contributed by atoms with Crippen LogP contribution in [0.1, 0.15) is 32.1 Å². The lowest BCUT2D eigenvalue weighted by Gasteiger charge is -2.30. The molecule has 16 heavy (non-hydrogen) atoms. The monoisotopic (exact) mass is 227 g/mol. The number of rotatable bonds is 2. The van der Waals surface area contributed by atoms with Gasteiger partial charge in [-0.1, -0.05) is 0 Å². The first kappa shape index (κ1) is 11.8. The third kappa shape index (κ3) is 2.53. The van der Waals surface area contributed by atoms with Crippen LogP contribution in [0.15, 0.2) is 0 Å². The summed E-state index contributed by atoms with van der Waals surface area (Å²) in [5.74, 6) is -0.0644. The number of nitrogens with one attached hydrogen (secondary N) is 1. The van der Waals surface area contributed by atoms with Gasteiger partial charge >= 0.3 is 0 Å². The molecule has 5 N–H and O–H groups in total. The molecule has 2 aliphatic rings. The number of hydrogen-bond donors (Lipinski definition) is 3. The standard InChI is InChI=1S/C11H21N3O2/c12-8-1-3-9(4-2-8)14-10(15)11(13)5-6-16-7-11/h8-9H,1-7,12-13H2,(H,14,15). The molecule has 0 aromatic carbocycles. The average Bonchev–Trinajstić information content (AvgIpc) is 2.70. The summed E-state index contributed by atoms with van der Waals surface area (Å²) in [6.45, 7) is 0.921. The van der Waals surface area contributed by atoms with E-state index in [0.29, 0.717) is 25.7 Å². The minimum atomic E-state index is -0.806. The molecule has 5 heteroatoms. The van der Waals surface area contributed by atoms with Gasteiger partial charge in [-0.05, 0) is 32.1 Å². The van der Waals surface area contributed by atoms with Gasteiger partial charge < -0.3 is 21.5 Å². The Morgan fingerprint density at radius 1 is 1.31 bits per heavy atom. The van der Waals surface area contributed by atoms with Crippen LogP contribution in [0, 0.1) is 0 Å². The first-order valence-corrected chi connectivity index (χ1v) is 6.03. The summed E-state index contributed by atoms with van der Waals surface area (Å²) >= 11 is 0. The van der Waals surface area contributed by atoms with E-state index >= 15 is 0 Å². The highest BCUT2D eigenvalue weighted by atomic mass is 16.5. The second-order valence-electron chi connectivity index (χ2n) is 5.04. The van der Waals surface area contributed by atoms with Gasteiger partial charge in [-0.3, -0.25) is 4.79 Å². The maximum atomic E-state index is 12.0. The summed E-state index contributed by atoms with van der Waals surface area (Å²) in [5, 5.41) is 3.02. The third-order valence-corrected chi connectivity index (χ3v) is 3.61. The highest BCUT2D eigenvalue weighted by Crippen LogP contribution is 2.20. The lowest BCUT2D eigenvalue weighted by atomic mass is 9.90. The van der Waals surface area contributed by atoms with E-state index in [1.165, 1.54) is 0 Å². The highest BCUT2D eigenvalue weighted by Gasteiger charge is 2.39. The van der Waals surface area contributed by atoms with Crippen LogP contribution in [-0.2, 0) is 9.53 Å². The van der Waals surface area contributed by atoms with E-state index in [1.807, 2.05) is 0 Å². The third-order valence-electron chi connectivity index (χ3n) is 3.61. The first-order valence-electron chi connectivity index (χ1n) is 6.03. The number of nitrogens with two attached hydrogens (primary N) is 2. The molecule has 0 aromatic rings. The highest BCUT2D eigenvalue weighted by molar-refractivity contribution is 5.86. The Labute approximate surface area is 95.9 Å². The van der Waals surface area contributed by atoms with Crippen LogP contribution < -0.4 is 16.8 Å². The number of amides is 1. The first-order chi connectivity index (χ1) is 7.60. The van der Waals surface area contributed by atoms with E-state index in [0.717, 1.165) is 25.7 Å². The molecule has 1 amide bonds. The van der Waals surface area contributed by atoms with Crippen molar-refractivity contribution in [2.75, 3.05) is 13.2 Å². The number of carbonyl (C=O) groups is 1. The Morgan fingerprint density at radius 3 is 2.56 bits per heavy atom. The average molecular weight is 227 g/mol. The number of ether oxygens (including phenoxy) is 1. The van der Waals surface area contributed by atoms with Gasteiger partial charge in [0.25, 0.3) is 0 Å². The molecule has 1 saturated heterocycles. The molecule has 0 bridgehead atoms. The molecule has 1 heterocycles. The van der Waals surface area contributed by atoms with Crippen molar-refractivity contribution in [3.63, 3.8) is 0 Å². The van der Waals surface area contributed by atoms with Crippen molar-refractivity contribution in [3.8, 4) is 0 Å². The van der Waals surface area contributed by atoms with Crippen LogP contribution in [0.2, 0.25) is 0 Å². The molecular weight excluding hydrogens is 206 g/mol. The van der Waals surface area contributed by atoms with Crippen molar-refractivity contribution in [2.24, 2.45) is 11.5 Å². The van der Waals surface area contributed by atoms with E-state index in [-0.39, 0.29) is 11.9 Å². The van der Waals surface area contributed by atoms with Gasteiger partial charge in [-0.2, -0.15) is 0 Å². The summed E-state index contributed by atoms with van der Waals surface area (Å²) in [4.78, 5) is 12.0. The normalized spacial score (nSPS) is 39.6. The second kappa shape index (κ2) is 4.69. The molecule has 0 radical (unpaired) electrons. The van der Waals surface area contributed by atoms with E-state index in [4.69, 9.17) is 16.2 Å². The predicted molar refractivity (Wildman–Crippen MR) is 60.7 cm³/mol. The number of carbonyl (C=O) groups excluding carboxylic acids is 1. The number of hydrogen-bond acceptors (Lipinski definition) is 4. The van der Waals surface area contributed by atoms with E-state index in [2.05, 4.69) is 5.32 Å². The molecule has 0 spiro atoms. The second-order valence-corrected chi connectivity index (χ2v) is 5.04. The Morgan fingerprint density at radius 2 is 2.00 bits per heavy atom. The largest absolute Gasteiger partial charge is 0.379 e. The summed E-state index contributed by atoms with van der Waals surface area (Å²) in [6.07, 6.45) is 4.51. The molecular formula is C11H21N3O2. The Kier molecular flexibility index (Phi) is 3.47. The van der Waals surface area contributed by atoms with Gasteiger partial charge in [0.05, 0.1) is 6.61 Å². The van der Waals surface area contributed by atoms with Crippen molar-refractivity contribution in [2.45, 2.75) is 49.7 Å². The molecule has 2 fully saturated rings. The fourth-order valence-corrected chi connectivity index (χ4v) is 2.35. The minimum Gasteiger partial charge on any atom is -0.379 e. The summed E-state index contributed by atoms with van der Waals surface area (Å²) in [6, 6.07) is 0.545. The summed E-state index contributed by atoms with van der Waals surface area (Å²) in [7, 11) is 0. The SMILES string of the molecule is NC1CCC(NC(=O)C2(N)CCOC2)CC1. The molecule has 1 aliphatic carbocycles. The molecule has 1 aliphatic heterocycles. The summed E-state index contributed by atoms with van der Waals surface area (Å²) < 4.78 is 5.18. The summed E-state index contributed by atoms with van der Waals surface area (Å²) in [5.41, 5.74) is 11.0. The van der Waals surface area contributed by atoms with Crippen molar-refractivity contribution in [3.05, 3.63) is 0 Å². The van der Waals surface area contributed by atoms with Crippen molar-refractivity contribution in [1.82, 2.24) is 5.32 Å². The molecule has 2 rings (SSSR count). The van der Waals surface area contributed by atoms with Gasteiger partial charge in [0.2, 0.25) is 5.91 Å². The molecule has 5 nitrogen and oxygen atoms in total. The van der Waals surface area contributed by atoms with Crippen molar-refractivity contribution in [1.29, 1.82) is 0 Å². The predicted octanol–water partition coefficient (Wildman–Crippen LogP) is -0.510. The molecule has 92 valence electrons. The Balaban J connectivity index is 1.83. The van der Waals surface area contributed by atoms with E-state index in [9.17, 15) is 4.79 Å². The Bertz CT molecular complexity index is 256. The molecule has 1 unspecified atom stereocenters. The smallest absolute Gasteiger partial charge is 0.242 e. The van der Waals surface area contributed by atoms with Crippen molar-refractivity contribution >= 4 is 5.91 Å². The maximum Gasteiger partial charge on any atom is 0.242 e. The van der Waals surface area contributed by atoms with Crippen molar-refractivity contribution < 1.29 is 9.53 Å². The zero-order chi connectivity index (χ0) is 11.6. The van der Waals surface area contributed by atoms with Gasteiger partial charge in [0.15, 0.2) is 0 Å². The van der Waals surface area contributed by atoms with Gasteiger partial charge in [0, 0.05) is 18.7 Å². The minimum absolute atomic E-state index is 0.0644. The maximum absolute atomic E-state index is 12.0. The van der Waals surface area contributed by atoms with Crippen LogP contribution in [0.3, 0.4) is 0 Å². The fraction of sp³-hybridized carbons (Fsp3) is 0.909. The topological polar surface area (TPSA) is 90.4 Å². The Hall–Kier alpha value is -0.650. The lowest BCUT2D eigenvalue weighted by molar-refractivity contribution is -0.127. The molecule has 1 saturated carbocycles. The van der Waals surface area contributed by atoms with Gasteiger partial charge in [-0.15, -0.1) is 0 Å². The van der Waals surface area contributed by atoms with Crippen LogP contribution in [0.5, 0.6) is 0 Å². The van der Waals surface area contributed by atoms with E-state index < -0.39 is 5.54 Å².